The van der Waals surface area contributed by atoms with Crippen LogP contribution in [0.4, 0.5) is 5.69 Å². The quantitative estimate of drug-likeness (QED) is 0.780. The molecule has 0 aliphatic rings. The van der Waals surface area contributed by atoms with Gasteiger partial charge in [0.1, 0.15) is 5.75 Å². The average molecular weight is 269 g/mol. The van der Waals surface area contributed by atoms with Gasteiger partial charge in [-0.15, -0.1) is 0 Å². The number of ether oxygens (including phenoxy) is 1. The summed E-state index contributed by atoms with van der Waals surface area (Å²) in [6.07, 6.45) is 0. The Morgan fingerprint density at radius 1 is 1.10 bits per heavy atom. The van der Waals surface area contributed by atoms with E-state index in [0.717, 1.165) is 16.8 Å². The molecule has 0 saturated carbocycles. The van der Waals surface area contributed by atoms with Gasteiger partial charge in [-0.25, -0.2) is 0 Å². The van der Waals surface area contributed by atoms with Crippen molar-refractivity contribution in [1.29, 1.82) is 0 Å². The highest BCUT2D eigenvalue weighted by Gasteiger charge is 2.09. The van der Waals surface area contributed by atoms with Gasteiger partial charge in [0.05, 0.1) is 0 Å². The van der Waals surface area contributed by atoms with E-state index in [1.165, 1.54) is 0 Å². The fourth-order valence-electron chi connectivity index (χ4n) is 1.96. The van der Waals surface area contributed by atoms with E-state index in [0.29, 0.717) is 5.75 Å². The van der Waals surface area contributed by atoms with E-state index in [1.807, 2.05) is 74.4 Å². The van der Waals surface area contributed by atoms with Crippen LogP contribution in [-0.4, -0.2) is 26.5 Å². The predicted molar refractivity (Wildman–Crippen MR) is 81.8 cm³/mol. The molecule has 0 aliphatic heterocycles. The van der Waals surface area contributed by atoms with Crippen molar-refractivity contribution in [3.63, 3.8) is 0 Å². The molecule has 0 saturated heterocycles. The number of ketones is 1. The zero-order chi connectivity index (χ0) is 14.5. The molecule has 20 heavy (non-hydrogen) atoms. The van der Waals surface area contributed by atoms with Gasteiger partial charge in [0.2, 0.25) is 0 Å². The van der Waals surface area contributed by atoms with Crippen molar-refractivity contribution >= 4 is 11.5 Å². The number of carbonyl (C=O) groups is 1. The molecule has 3 heteroatoms. The zero-order valence-electron chi connectivity index (χ0n) is 12.1. The second kappa shape index (κ2) is 6.24. The maximum Gasteiger partial charge on any atom is 0.200 e. The van der Waals surface area contributed by atoms with Gasteiger partial charge in [-0.3, -0.25) is 4.79 Å². The summed E-state index contributed by atoms with van der Waals surface area (Å²) in [6, 6.07) is 15.2. The van der Waals surface area contributed by atoms with Gasteiger partial charge < -0.3 is 9.64 Å². The van der Waals surface area contributed by atoms with Crippen molar-refractivity contribution in [3.8, 4) is 5.75 Å². The Bertz CT molecular complexity index is 605. The molecule has 0 radical (unpaired) electrons. The molecular formula is C17H19NO2. The van der Waals surface area contributed by atoms with Gasteiger partial charge in [0.15, 0.2) is 12.4 Å². The van der Waals surface area contributed by atoms with Crippen molar-refractivity contribution in [2.45, 2.75) is 6.92 Å². The number of benzene rings is 2. The molecule has 2 rings (SSSR count). The van der Waals surface area contributed by atoms with Crippen molar-refractivity contribution in [3.05, 3.63) is 59.7 Å². The number of nitrogens with zero attached hydrogens (tertiary/aromatic N) is 1. The number of anilines is 1. The first kappa shape index (κ1) is 14.1. The van der Waals surface area contributed by atoms with Crippen molar-refractivity contribution in [2.24, 2.45) is 0 Å². The molecule has 0 aromatic heterocycles. The molecule has 104 valence electrons. The van der Waals surface area contributed by atoms with Crippen LogP contribution in [0.1, 0.15) is 15.9 Å². The Morgan fingerprint density at radius 2 is 1.85 bits per heavy atom. The third kappa shape index (κ3) is 3.38. The average Bonchev–Trinajstić information content (AvgIpc) is 2.45. The smallest absolute Gasteiger partial charge is 0.200 e. The molecular weight excluding hydrogens is 250 g/mol. The van der Waals surface area contributed by atoms with E-state index in [2.05, 4.69) is 0 Å². The van der Waals surface area contributed by atoms with E-state index in [-0.39, 0.29) is 12.4 Å². The summed E-state index contributed by atoms with van der Waals surface area (Å²) in [6.45, 7) is 1.99. The van der Waals surface area contributed by atoms with Crippen LogP contribution in [0, 0.1) is 6.92 Å². The molecule has 0 unspecified atom stereocenters. The molecule has 0 fully saturated rings. The summed E-state index contributed by atoms with van der Waals surface area (Å²) in [5.41, 5.74) is 2.74. The zero-order valence-corrected chi connectivity index (χ0v) is 12.1. The Balaban J connectivity index is 2.04. The lowest BCUT2D eigenvalue weighted by Crippen LogP contribution is -2.13. The van der Waals surface area contributed by atoms with Crippen LogP contribution in [-0.2, 0) is 0 Å². The summed E-state index contributed by atoms with van der Waals surface area (Å²) < 4.78 is 5.59. The van der Waals surface area contributed by atoms with Crippen molar-refractivity contribution in [2.75, 3.05) is 25.6 Å². The van der Waals surface area contributed by atoms with Crippen molar-refractivity contribution < 1.29 is 9.53 Å². The Hall–Kier alpha value is -2.29. The number of rotatable bonds is 5. The van der Waals surface area contributed by atoms with Gasteiger partial charge in [0, 0.05) is 31.4 Å². The lowest BCUT2D eigenvalue weighted by atomic mass is 10.1. The van der Waals surface area contributed by atoms with Crippen LogP contribution in [0.2, 0.25) is 0 Å². The topological polar surface area (TPSA) is 29.5 Å². The van der Waals surface area contributed by atoms with E-state index >= 15 is 0 Å². The van der Waals surface area contributed by atoms with Gasteiger partial charge >= 0.3 is 0 Å². The monoisotopic (exact) mass is 269 g/mol. The second-order valence-corrected chi connectivity index (χ2v) is 4.92. The molecule has 3 nitrogen and oxygen atoms in total. The Morgan fingerprint density at radius 3 is 2.55 bits per heavy atom. The molecule has 0 amide bonds. The minimum absolute atomic E-state index is 0.00152. The van der Waals surface area contributed by atoms with Gasteiger partial charge in [-0.1, -0.05) is 30.3 Å². The maximum atomic E-state index is 12.1. The standard InChI is InChI=1S/C17H19NO2/c1-13-7-4-5-10-16(13)17(19)12-20-15-9-6-8-14(11-15)18(2)3/h4-11H,12H2,1-3H3. The van der Waals surface area contributed by atoms with Crippen LogP contribution in [0.15, 0.2) is 48.5 Å². The SMILES string of the molecule is Cc1ccccc1C(=O)COc1cccc(N(C)C)c1. The third-order valence-corrected chi connectivity index (χ3v) is 3.15. The van der Waals surface area contributed by atoms with Crippen LogP contribution < -0.4 is 9.64 Å². The molecule has 2 aromatic carbocycles. The fraction of sp³-hybridized carbons (Fsp3) is 0.235. The highest BCUT2D eigenvalue weighted by atomic mass is 16.5. The molecule has 2 aromatic rings. The van der Waals surface area contributed by atoms with Crippen LogP contribution in [0.3, 0.4) is 0 Å². The van der Waals surface area contributed by atoms with Gasteiger partial charge in [0.25, 0.3) is 0 Å². The minimum atomic E-state index is -0.00152. The summed E-state index contributed by atoms with van der Waals surface area (Å²) in [5.74, 6) is 0.705. The number of aryl methyl sites for hydroxylation is 1. The van der Waals surface area contributed by atoms with Crippen LogP contribution >= 0.6 is 0 Å². The predicted octanol–water partition coefficient (Wildman–Crippen LogP) is 3.32. The van der Waals surface area contributed by atoms with E-state index < -0.39 is 0 Å². The summed E-state index contributed by atoms with van der Waals surface area (Å²) in [5, 5.41) is 0. The van der Waals surface area contributed by atoms with E-state index in [1.54, 1.807) is 0 Å². The second-order valence-electron chi connectivity index (χ2n) is 4.92. The number of hydrogen-bond acceptors (Lipinski definition) is 3. The van der Waals surface area contributed by atoms with E-state index in [4.69, 9.17) is 4.74 Å². The first-order valence-electron chi connectivity index (χ1n) is 6.57. The van der Waals surface area contributed by atoms with Crippen molar-refractivity contribution in [1.82, 2.24) is 0 Å². The number of carbonyl (C=O) groups excluding carboxylic acids is 1. The summed E-state index contributed by atoms with van der Waals surface area (Å²) >= 11 is 0. The third-order valence-electron chi connectivity index (χ3n) is 3.15. The van der Waals surface area contributed by atoms with E-state index in [9.17, 15) is 4.79 Å². The Kier molecular flexibility index (Phi) is 4.41. The van der Waals surface area contributed by atoms with Gasteiger partial charge in [-0.2, -0.15) is 0 Å². The lowest BCUT2D eigenvalue weighted by molar-refractivity contribution is 0.0921. The largest absolute Gasteiger partial charge is 0.485 e. The molecule has 0 heterocycles. The summed E-state index contributed by atoms with van der Waals surface area (Å²) in [7, 11) is 3.94. The highest BCUT2D eigenvalue weighted by Crippen LogP contribution is 2.19. The lowest BCUT2D eigenvalue weighted by Gasteiger charge is -2.14. The number of Topliss-reactive ketones (excluding diaryl/α,β-unsaturated/α-hetero) is 1. The summed E-state index contributed by atoms with van der Waals surface area (Å²) in [4.78, 5) is 14.1. The van der Waals surface area contributed by atoms with Crippen LogP contribution in [0.5, 0.6) is 5.75 Å². The minimum Gasteiger partial charge on any atom is -0.485 e. The molecule has 0 atom stereocenters. The normalized spacial score (nSPS) is 10.2. The first-order valence-corrected chi connectivity index (χ1v) is 6.57. The van der Waals surface area contributed by atoms with Gasteiger partial charge in [-0.05, 0) is 24.6 Å². The number of hydrogen-bond donors (Lipinski definition) is 0. The molecule has 0 N–H and O–H groups in total. The highest BCUT2D eigenvalue weighted by molar-refractivity contribution is 5.98. The fourth-order valence-corrected chi connectivity index (χ4v) is 1.96. The first-order chi connectivity index (χ1) is 9.58. The molecule has 0 aliphatic carbocycles. The molecule has 0 bridgehead atoms. The Labute approximate surface area is 119 Å². The molecule has 0 spiro atoms. The van der Waals surface area contributed by atoms with Crippen LogP contribution in [0.25, 0.3) is 0 Å². The maximum absolute atomic E-state index is 12.1.